The zero-order valence-electron chi connectivity index (χ0n) is 15.2. The lowest BCUT2D eigenvalue weighted by molar-refractivity contribution is 0.121. The topological polar surface area (TPSA) is 69.4 Å². The van der Waals surface area contributed by atoms with E-state index in [-0.39, 0.29) is 16.5 Å². The summed E-state index contributed by atoms with van der Waals surface area (Å²) in [5.41, 5.74) is 6.49. The maximum atomic E-state index is 13.8. The van der Waals surface area contributed by atoms with Crippen molar-refractivity contribution in [3.05, 3.63) is 65.5 Å². The third-order valence-electron chi connectivity index (χ3n) is 5.15. The van der Waals surface area contributed by atoms with Crippen molar-refractivity contribution in [3.8, 4) is 0 Å². The first-order valence-corrected chi connectivity index (χ1v) is 10.6. The van der Waals surface area contributed by atoms with Crippen LogP contribution in [0.5, 0.6) is 0 Å². The number of aryl methyl sites for hydroxylation is 1. The fourth-order valence-corrected chi connectivity index (χ4v) is 6.49. The van der Waals surface area contributed by atoms with Crippen molar-refractivity contribution in [2.45, 2.75) is 29.9 Å². The molecule has 2 aromatic carbocycles. The van der Waals surface area contributed by atoms with Crippen LogP contribution in [0.3, 0.4) is 0 Å². The second-order valence-electron chi connectivity index (χ2n) is 6.85. The predicted molar refractivity (Wildman–Crippen MR) is 107 cm³/mol. The Bertz CT molecular complexity index is 959. The monoisotopic (exact) mass is 407 g/mol. The highest BCUT2D eigenvalue weighted by Gasteiger charge is 2.73. The standard InChI is InChI=1S/C20H22FNO3S2/c1-3-25-12-20(19(22)26)17(14-5-4-6-15(21)11-14)18(20)27(23,24)16-9-7-13(2)8-10-16/h4-11,17-18H,3,12H2,1-2H3,(H2,22,26)/t17-,18-,20+/m1/s1. The third kappa shape index (κ3) is 3.39. The highest BCUT2D eigenvalue weighted by Crippen LogP contribution is 2.64. The molecule has 0 spiro atoms. The van der Waals surface area contributed by atoms with E-state index < -0.39 is 32.2 Å². The summed E-state index contributed by atoms with van der Waals surface area (Å²) in [6.45, 7) is 4.18. The van der Waals surface area contributed by atoms with Crippen molar-refractivity contribution in [3.63, 3.8) is 0 Å². The van der Waals surface area contributed by atoms with E-state index in [0.29, 0.717) is 12.2 Å². The van der Waals surface area contributed by atoms with Crippen molar-refractivity contribution in [2.75, 3.05) is 13.2 Å². The van der Waals surface area contributed by atoms with Crippen LogP contribution in [0, 0.1) is 18.2 Å². The Hall–Kier alpha value is -1.83. The predicted octanol–water partition coefficient (Wildman–Crippen LogP) is 3.38. The van der Waals surface area contributed by atoms with Gasteiger partial charge in [-0.15, -0.1) is 0 Å². The number of rotatable bonds is 7. The van der Waals surface area contributed by atoms with E-state index in [1.54, 1.807) is 36.4 Å². The van der Waals surface area contributed by atoms with Gasteiger partial charge in [0.2, 0.25) is 0 Å². The van der Waals surface area contributed by atoms with Gasteiger partial charge in [-0.25, -0.2) is 12.8 Å². The maximum absolute atomic E-state index is 13.8. The molecular formula is C20H22FNO3S2. The molecule has 1 saturated carbocycles. The molecule has 0 heterocycles. The van der Waals surface area contributed by atoms with Gasteiger partial charge in [0.05, 0.1) is 27.2 Å². The molecule has 1 fully saturated rings. The van der Waals surface area contributed by atoms with Crippen LogP contribution in [-0.2, 0) is 14.6 Å². The Morgan fingerprint density at radius 1 is 1.26 bits per heavy atom. The van der Waals surface area contributed by atoms with Crippen LogP contribution in [-0.4, -0.2) is 31.9 Å². The minimum absolute atomic E-state index is 0.0749. The molecule has 1 aliphatic carbocycles. The molecule has 3 rings (SSSR count). The Morgan fingerprint density at radius 3 is 2.48 bits per heavy atom. The van der Waals surface area contributed by atoms with Crippen LogP contribution in [0.1, 0.15) is 24.0 Å². The van der Waals surface area contributed by atoms with Crippen molar-refractivity contribution < 1.29 is 17.5 Å². The summed E-state index contributed by atoms with van der Waals surface area (Å²) in [7, 11) is -3.75. The van der Waals surface area contributed by atoms with Gasteiger partial charge in [-0.3, -0.25) is 0 Å². The van der Waals surface area contributed by atoms with Gasteiger partial charge in [0.25, 0.3) is 0 Å². The average molecular weight is 408 g/mol. The first kappa shape index (κ1) is 19.9. The number of hydrogen-bond acceptors (Lipinski definition) is 4. The second kappa shape index (κ2) is 7.30. The van der Waals surface area contributed by atoms with E-state index in [0.717, 1.165) is 5.56 Å². The summed E-state index contributed by atoms with van der Waals surface area (Å²) in [6, 6.07) is 12.6. The fraction of sp³-hybridized carbons (Fsp3) is 0.350. The molecular weight excluding hydrogens is 385 g/mol. The van der Waals surface area contributed by atoms with E-state index in [4.69, 9.17) is 22.7 Å². The number of ether oxygens (including phenoxy) is 1. The fourth-order valence-electron chi connectivity index (χ4n) is 3.72. The highest BCUT2D eigenvalue weighted by molar-refractivity contribution is 7.92. The Balaban J connectivity index is 2.12. The summed E-state index contributed by atoms with van der Waals surface area (Å²) < 4.78 is 46.2. The van der Waals surface area contributed by atoms with E-state index in [2.05, 4.69) is 0 Å². The molecule has 4 nitrogen and oxygen atoms in total. The van der Waals surface area contributed by atoms with Crippen LogP contribution in [0.15, 0.2) is 53.4 Å². The minimum atomic E-state index is -3.75. The normalized spacial score (nSPS) is 24.6. The SMILES string of the molecule is CCOC[C@]1(C(N)=S)[C@H](c2cccc(F)c2)[C@H]1S(=O)(=O)c1ccc(C)cc1. The van der Waals surface area contributed by atoms with Gasteiger partial charge >= 0.3 is 0 Å². The number of thiocarbonyl (C=S) groups is 1. The lowest BCUT2D eigenvalue weighted by Gasteiger charge is -2.17. The lowest BCUT2D eigenvalue weighted by Crippen LogP contribution is -2.33. The molecule has 0 radical (unpaired) electrons. The van der Waals surface area contributed by atoms with E-state index in [9.17, 15) is 12.8 Å². The molecule has 27 heavy (non-hydrogen) atoms. The summed E-state index contributed by atoms with van der Waals surface area (Å²) in [4.78, 5) is 0.278. The molecule has 2 N–H and O–H groups in total. The number of halogens is 1. The van der Waals surface area contributed by atoms with Gasteiger partial charge in [0.15, 0.2) is 9.84 Å². The molecule has 0 bridgehead atoms. The summed E-state index contributed by atoms with van der Waals surface area (Å²) in [5.74, 6) is -0.984. The number of nitrogens with two attached hydrogens (primary N) is 1. The largest absolute Gasteiger partial charge is 0.393 e. The van der Waals surface area contributed by atoms with Gasteiger partial charge in [-0.05, 0) is 43.7 Å². The average Bonchev–Trinajstić information content (AvgIpc) is 3.32. The van der Waals surface area contributed by atoms with Gasteiger partial charge in [0, 0.05) is 12.5 Å². The summed E-state index contributed by atoms with van der Waals surface area (Å²) in [6.07, 6.45) is 0. The Kier molecular flexibility index (Phi) is 5.38. The third-order valence-corrected chi connectivity index (χ3v) is 7.82. The Labute approximate surface area is 164 Å². The zero-order valence-corrected chi connectivity index (χ0v) is 16.8. The van der Waals surface area contributed by atoms with Crippen LogP contribution >= 0.6 is 12.2 Å². The number of hydrogen-bond donors (Lipinski definition) is 1. The van der Waals surface area contributed by atoms with Crippen molar-refractivity contribution in [1.29, 1.82) is 0 Å². The molecule has 2 aromatic rings. The lowest BCUT2D eigenvalue weighted by atomic mass is 10.00. The van der Waals surface area contributed by atoms with Crippen LogP contribution < -0.4 is 5.73 Å². The highest BCUT2D eigenvalue weighted by atomic mass is 32.2. The molecule has 3 atom stereocenters. The molecule has 1 aliphatic rings. The van der Waals surface area contributed by atoms with E-state index in [1.807, 2.05) is 13.8 Å². The smallest absolute Gasteiger partial charge is 0.182 e. The molecule has 0 unspecified atom stereocenters. The van der Waals surface area contributed by atoms with E-state index >= 15 is 0 Å². The van der Waals surface area contributed by atoms with Crippen molar-refractivity contribution >= 4 is 27.0 Å². The van der Waals surface area contributed by atoms with Crippen LogP contribution in [0.2, 0.25) is 0 Å². The van der Waals surface area contributed by atoms with Gasteiger partial charge < -0.3 is 10.5 Å². The van der Waals surface area contributed by atoms with Crippen molar-refractivity contribution in [2.24, 2.45) is 11.1 Å². The molecule has 0 aromatic heterocycles. The van der Waals surface area contributed by atoms with Gasteiger partial charge in [0.1, 0.15) is 5.82 Å². The van der Waals surface area contributed by atoms with Gasteiger partial charge in [-0.1, -0.05) is 42.0 Å². The quantitative estimate of drug-likeness (QED) is 0.713. The number of sulfone groups is 1. The zero-order chi connectivity index (χ0) is 19.8. The molecule has 144 valence electrons. The van der Waals surface area contributed by atoms with E-state index in [1.165, 1.54) is 12.1 Å². The molecule has 0 amide bonds. The molecule has 0 saturated heterocycles. The van der Waals surface area contributed by atoms with Crippen LogP contribution in [0.4, 0.5) is 4.39 Å². The van der Waals surface area contributed by atoms with Gasteiger partial charge in [-0.2, -0.15) is 0 Å². The first-order chi connectivity index (χ1) is 12.7. The van der Waals surface area contributed by atoms with Crippen LogP contribution in [0.25, 0.3) is 0 Å². The minimum Gasteiger partial charge on any atom is -0.393 e. The summed E-state index contributed by atoms with van der Waals surface area (Å²) >= 11 is 5.27. The number of benzene rings is 2. The van der Waals surface area contributed by atoms with Crippen molar-refractivity contribution in [1.82, 2.24) is 0 Å². The molecule has 7 heteroatoms. The molecule has 0 aliphatic heterocycles. The second-order valence-corrected chi connectivity index (χ2v) is 9.36. The first-order valence-electron chi connectivity index (χ1n) is 8.69. The summed E-state index contributed by atoms with van der Waals surface area (Å²) in [5, 5.41) is -0.890. The Morgan fingerprint density at radius 2 is 1.93 bits per heavy atom. The maximum Gasteiger partial charge on any atom is 0.182 e.